The Bertz CT molecular complexity index is 899. The van der Waals surface area contributed by atoms with E-state index in [1.54, 1.807) is 31.2 Å². The van der Waals surface area contributed by atoms with E-state index in [0.717, 1.165) is 6.42 Å². The lowest BCUT2D eigenvalue weighted by atomic mass is 10.0. The zero-order chi connectivity index (χ0) is 20.8. The minimum Gasteiger partial charge on any atom is -0.494 e. The maximum Gasteiger partial charge on any atom is 0.220 e. The lowest BCUT2D eigenvalue weighted by molar-refractivity contribution is -0.121. The third-order valence-electron chi connectivity index (χ3n) is 4.70. The number of ketones is 1. The summed E-state index contributed by atoms with van der Waals surface area (Å²) in [7, 11) is 1.39. The summed E-state index contributed by atoms with van der Waals surface area (Å²) in [6.45, 7) is 2.87. The van der Waals surface area contributed by atoms with E-state index < -0.39 is 11.9 Å². The summed E-state index contributed by atoms with van der Waals surface area (Å²) in [5, 5.41) is 2.78. The van der Waals surface area contributed by atoms with Gasteiger partial charge in [-0.2, -0.15) is 0 Å². The molecule has 1 N–H and O–H groups in total. The summed E-state index contributed by atoms with van der Waals surface area (Å²) in [5.74, 6) is 0.393. The molecule has 0 unspecified atom stereocenters. The van der Waals surface area contributed by atoms with Crippen LogP contribution >= 0.6 is 0 Å². The van der Waals surface area contributed by atoms with E-state index in [0.29, 0.717) is 35.8 Å². The second-order valence-electron chi connectivity index (χ2n) is 6.82. The Hall–Kier alpha value is -3.09. The van der Waals surface area contributed by atoms with Crippen molar-refractivity contribution in [1.29, 1.82) is 0 Å². The minimum atomic E-state index is -0.490. The second kappa shape index (κ2) is 9.41. The van der Waals surface area contributed by atoms with Gasteiger partial charge in [-0.1, -0.05) is 6.07 Å². The number of hydrogen-bond acceptors (Lipinski definition) is 5. The first-order valence-corrected chi connectivity index (χ1v) is 9.53. The van der Waals surface area contributed by atoms with Gasteiger partial charge in [0, 0.05) is 24.8 Å². The third-order valence-corrected chi connectivity index (χ3v) is 4.70. The van der Waals surface area contributed by atoms with Gasteiger partial charge in [-0.15, -0.1) is 0 Å². The van der Waals surface area contributed by atoms with Gasteiger partial charge in [0.25, 0.3) is 0 Å². The molecule has 2 aromatic rings. The maximum absolute atomic E-state index is 13.8. The van der Waals surface area contributed by atoms with E-state index in [4.69, 9.17) is 14.2 Å². The number of methoxy groups -OCH3 is 1. The van der Waals surface area contributed by atoms with Crippen LogP contribution in [0.3, 0.4) is 0 Å². The zero-order valence-electron chi connectivity index (χ0n) is 16.5. The molecule has 0 bridgehead atoms. The number of benzene rings is 2. The fraction of sp³-hybridized carbons (Fsp3) is 0.364. The van der Waals surface area contributed by atoms with E-state index in [1.165, 1.54) is 19.2 Å². The number of ether oxygens (including phenoxy) is 3. The lowest BCUT2D eigenvalue weighted by Crippen LogP contribution is -2.27. The van der Waals surface area contributed by atoms with Gasteiger partial charge < -0.3 is 19.5 Å². The molecule has 6 nitrogen and oxygen atoms in total. The molecule has 0 spiro atoms. The Balaban J connectivity index is 1.54. The van der Waals surface area contributed by atoms with Crippen LogP contribution in [-0.4, -0.2) is 32.0 Å². The van der Waals surface area contributed by atoms with Crippen LogP contribution in [-0.2, 0) is 4.79 Å². The largest absolute Gasteiger partial charge is 0.494 e. The number of amides is 1. The first-order chi connectivity index (χ1) is 14.0. The van der Waals surface area contributed by atoms with Crippen molar-refractivity contribution in [3.8, 4) is 17.2 Å². The molecule has 1 atom stereocenters. The van der Waals surface area contributed by atoms with Crippen LogP contribution in [0.5, 0.6) is 17.2 Å². The molecular formula is C22H24FNO5. The normalized spacial score (nSPS) is 13.9. The van der Waals surface area contributed by atoms with Crippen LogP contribution in [0.1, 0.15) is 48.1 Å². The number of fused-ring (bicyclic) bond motifs is 1. The van der Waals surface area contributed by atoms with Crippen LogP contribution in [0.15, 0.2) is 36.4 Å². The first-order valence-electron chi connectivity index (χ1n) is 9.53. The molecule has 7 heteroatoms. The summed E-state index contributed by atoms with van der Waals surface area (Å²) >= 11 is 0. The predicted molar refractivity (Wildman–Crippen MR) is 105 cm³/mol. The van der Waals surface area contributed by atoms with Gasteiger partial charge in [-0.25, -0.2) is 4.39 Å². The maximum atomic E-state index is 13.8. The van der Waals surface area contributed by atoms with E-state index in [9.17, 15) is 14.0 Å². The highest BCUT2D eigenvalue weighted by Gasteiger charge is 2.17. The molecule has 154 valence electrons. The number of rotatable bonds is 7. The second-order valence-corrected chi connectivity index (χ2v) is 6.82. The molecule has 0 saturated heterocycles. The Kier molecular flexibility index (Phi) is 6.69. The zero-order valence-corrected chi connectivity index (χ0v) is 16.5. The molecule has 0 aromatic heterocycles. The molecule has 1 heterocycles. The smallest absolute Gasteiger partial charge is 0.220 e. The van der Waals surface area contributed by atoms with Gasteiger partial charge in [0.2, 0.25) is 5.91 Å². The summed E-state index contributed by atoms with van der Waals surface area (Å²) in [6.07, 6.45) is 0.889. The average Bonchev–Trinajstić information content (AvgIpc) is 2.96. The van der Waals surface area contributed by atoms with Gasteiger partial charge >= 0.3 is 0 Å². The molecule has 1 aliphatic heterocycles. The summed E-state index contributed by atoms with van der Waals surface area (Å²) < 4.78 is 29.9. The van der Waals surface area contributed by atoms with Crippen molar-refractivity contribution in [2.45, 2.75) is 32.2 Å². The highest BCUT2D eigenvalue weighted by molar-refractivity contribution is 5.98. The van der Waals surface area contributed by atoms with Gasteiger partial charge in [-0.3, -0.25) is 9.59 Å². The Labute approximate surface area is 169 Å². The third kappa shape index (κ3) is 5.25. The number of carbonyl (C=O) groups excluding carboxylic acids is 2. The molecule has 1 amide bonds. The number of hydrogen-bond donors (Lipinski definition) is 1. The average molecular weight is 401 g/mol. The highest BCUT2D eigenvalue weighted by atomic mass is 19.1. The summed E-state index contributed by atoms with van der Waals surface area (Å²) in [4.78, 5) is 24.7. The SMILES string of the molecule is COc1ccc([C@@H](C)NC(=O)CCC(=O)c2ccc3c(c2)OCCCO3)cc1F. The monoisotopic (exact) mass is 401 g/mol. The quantitative estimate of drug-likeness (QED) is 0.714. The van der Waals surface area contributed by atoms with Gasteiger partial charge in [-0.05, 0) is 42.8 Å². The highest BCUT2D eigenvalue weighted by Crippen LogP contribution is 2.31. The van der Waals surface area contributed by atoms with Crippen molar-refractivity contribution in [2.75, 3.05) is 20.3 Å². The summed E-state index contributed by atoms with van der Waals surface area (Å²) in [6, 6.07) is 9.19. The molecule has 0 radical (unpaired) electrons. The van der Waals surface area contributed by atoms with E-state index in [2.05, 4.69) is 5.32 Å². The van der Waals surface area contributed by atoms with Crippen LogP contribution in [0, 0.1) is 5.82 Å². The van der Waals surface area contributed by atoms with Gasteiger partial charge in [0.05, 0.1) is 26.4 Å². The van der Waals surface area contributed by atoms with Gasteiger partial charge in [0.15, 0.2) is 28.8 Å². The number of carbonyl (C=O) groups is 2. The topological polar surface area (TPSA) is 73.9 Å². The minimum absolute atomic E-state index is 0.0379. The molecule has 0 saturated carbocycles. The van der Waals surface area contributed by atoms with Crippen molar-refractivity contribution < 1.29 is 28.2 Å². The standard InChI is InChI=1S/C22H24FNO5/c1-14(15-4-7-19(27-2)17(23)12-15)24-22(26)9-6-18(25)16-5-8-20-21(13-16)29-11-3-10-28-20/h4-5,7-8,12-14H,3,6,9-11H2,1-2H3,(H,24,26)/t14-/m1/s1. The lowest BCUT2D eigenvalue weighted by Gasteiger charge is -2.15. The molecule has 0 aliphatic carbocycles. The number of halogens is 1. The van der Waals surface area contributed by atoms with E-state index in [-0.39, 0.29) is 30.3 Å². The van der Waals surface area contributed by atoms with E-state index >= 15 is 0 Å². The van der Waals surface area contributed by atoms with E-state index in [1.807, 2.05) is 0 Å². The van der Waals surface area contributed by atoms with Crippen LogP contribution in [0.25, 0.3) is 0 Å². The molecule has 1 aliphatic rings. The molecule has 2 aromatic carbocycles. The predicted octanol–water partition coefficient (Wildman–Crippen LogP) is 3.84. The molecular weight excluding hydrogens is 377 g/mol. The number of nitrogens with one attached hydrogen (secondary N) is 1. The van der Waals surface area contributed by atoms with Crippen molar-refractivity contribution in [2.24, 2.45) is 0 Å². The Morgan fingerprint density at radius 2 is 1.86 bits per heavy atom. The first kappa shape index (κ1) is 20.6. The fourth-order valence-corrected chi connectivity index (χ4v) is 3.06. The Morgan fingerprint density at radius 1 is 1.10 bits per heavy atom. The van der Waals surface area contributed by atoms with Crippen molar-refractivity contribution >= 4 is 11.7 Å². The Morgan fingerprint density at radius 3 is 2.59 bits per heavy atom. The van der Waals surface area contributed by atoms with Crippen molar-refractivity contribution in [3.63, 3.8) is 0 Å². The molecule has 0 fully saturated rings. The van der Waals surface area contributed by atoms with Crippen LogP contribution in [0.4, 0.5) is 4.39 Å². The van der Waals surface area contributed by atoms with Crippen molar-refractivity contribution in [1.82, 2.24) is 5.32 Å². The molecule has 3 rings (SSSR count). The van der Waals surface area contributed by atoms with Gasteiger partial charge in [0.1, 0.15) is 0 Å². The fourth-order valence-electron chi connectivity index (χ4n) is 3.06. The molecule has 29 heavy (non-hydrogen) atoms. The summed E-state index contributed by atoms with van der Waals surface area (Å²) in [5.41, 5.74) is 1.10. The number of Topliss-reactive ketones (excluding diaryl/α,β-unsaturated/α-hetero) is 1. The van der Waals surface area contributed by atoms with Crippen LogP contribution in [0.2, 0.25) is 0 Å². The van der Waals surface area contributed by atoms with Crippen LogP contribution < -0.4 is 19.5 Å². The van der Waals surface area contributed by atoms with Crippen molar-refractivity contribution in [3.05, 3.63) is 53.3 Å².